The van der Waals surface area contributed by atoms with Crippen molar-refractivity contribution in [1.82, 2.24) is 0 Å². The molecule has 3 rings (SSSR count). The third-order valence-electron chi connectivity index (χ3n) is 6.38. The molecule has 2 aliphatic rings. The number of halogens is 3. The Hall–Kier alpha value is -2.18. The van der Waals surface area contributed by atoms with Crippen molar-refractivity contribution in [2.45, 2.75) is 39.8 Å². The zero-order valence-corrected chi connectivity index (χ0v) is 14.7. The Morgan fingerprint density at radius 3 is 2.46 bits per heavy atom. The third kappa shape index (κ3) is 2.56. The summed E-state index contributed by atoms with van der Waals surface area (Å²) in [5, 5.41) is 2.32. The molecular weight excluding hydrogens is 347 g/mol. The van der Waals surface area contributed by atoms with Gasteiger partial charge in [0.2, 0.25) is 5.91 Å². The molecule has 7 heteroatoms. The first kappa shape index (κ1) is 18.6. The largest absolute Gasteiger partial charge is 0.416 e. The molecule has 1 aromatic carbocycles. The molecule has 1 aromatic rings. The van der Waals surface area contributed by atoms with E-state index in [2.05, 4.69) is 5.32 Å². The number of hydrogen-bond acceptors (Lipinski definition) is 3. The van der Waals surface area contributed by atoms with E-state index in [0.29, 0.717) is 12.8 Å². The summed E-state index contributed by atoms with van der Waals surface area (Å²) in [6.45, 7) is 5.50. The molecule has 3 atom stereocenters. The Balaban J connectivity index is 1.88. The van der Waals surface area contributed by atoms with Gasteiger partial charge in [0, 0.05) is 17.0 Å². The van der Waals surface area contributed by atoms with Gasteiger partial charge in [-0.1, -0.05) is 26.8 Å². The van der Waals surface area contributed by atoms with Gasteiger partial charge < -0.3 is 5.32 Å². The first-order chi connectivity index (χ1) is 11.9. The normalized spacial score (nSPS) is 30.4. The van der Waals surface area contributed by atoms with Crippen molar-refractivity contribution in [2.24, 2.45) is 22.7 Å². The van der Waals surface area contributed by atoms with Crippen molar-refractivity contribution < 1.29 is 27.6 Å². The SMILES string of the molecule is CC1(C)C2CC[C@]1(C)C(=O)C(C(=O)Nc1cccc(C(F)(F)F)c1)C2=O. The van der Waals surface area contributed by atoms with Crippen molar-refractivity contribution in [1.29, 1.82) is 0 Å². The van der Waals surface area contributed by atoms with Crippen molar-refractivity contribution in [3.63, 3.8) is 0 Å². The molecule has 2 saturated carbocycles. The molecule has 1 N–H and O–H groups in total. The molecule has 2 fully saturated rings. The fourth-order valence-electron chi connectivity index (χ4n) is 4.32. The lowest BCUT2D eigenvalue weighted by Gasteiger charge is -2.46. The van der Waals surface area contributed by atoms with Crippen LogP contribution in [-0.4, -0.2) is 17.5 Å². The van der Waals surface area contributed by atoms with Crippen LogP contribution in [0.2, 0.25) is 0 Å². The average Bonchev–Trinajstić information content (AvgIpc) is 2.70. The molecular formula is C19H20F3NO3. The molecule has 0 radical (unpaired) electrons. The van der Waals surface area contributed by atoms with E-state index in [9.17, 15) is 27.6 Å². The molecule has 0 saturated heterocycles. The highest BCUT2D eigenvalue weighted by Gasteiger charge is 2.66. The van der Waals surface area contributed by atoms with Gasteiger partial charge >= 0.3 is 6.18 Å². The maximum Gasteiger partial charge on any atom is 0.416 e. The number of anilines is 1. The van der Waals surface area contributed by atoms with Gasteiger partial charge in [0.1, 0.15) is 0 Å². The van der Waals surface area contributed by atoms with Crippen LogP contribution in [0.25, 0.3) is 0 Å². The molecule has 140 valence electrons. The second-order valence-corrected chi connectivity index (χ2v) is 7.91. The van der Waals surface area contributed by atoms with Gasteiger partial charge in [0.15, 0.2) is 17.5 Å². The number of Topliss-reactive ketones (excluding diaryl/α,β-unsaturated/α-hetero) is 2. The Bertz CT molecular complexity index is 799. The summed E-state index contributed by atoms with van der Waals surface area (Å²) in [6, 6.07) is 4.13. The highest BCUT2D eigenvalue weighted by molar-refractivity contribution is 6.25. The number of alkyl halides is 3. The second-order valence-electron chi connectivity index (χ2n) is 7.91. The quantitative estimate of drug-likeness (QED) is 0.808. The van der Waals surface area contributed by atoms with Crippen LogP contribution in [0.5, 0.6) is 0 Å². The van der Waals surface area contributed by atoms with E-state index in [4.69, 9.17) is 0 Å². The van der Waals surface area contributed by atoms with Crippen LogP contribution in [0.1, 0.15) is 39.2 Å². The molecule has 0 spiro atoms. The van der Waals surface area contributed by atoms with Crippen LogP contribution in [0.4, 0.5) is 18.9 Å². The van der Waals surface area contributed by atoms with Crippen LogP contribution >= 0.6 is 0 Å². The maximum absolute atomic E-state index is 12.9. The topological polar surface area (TPSA) is 63.2 Å². The van der Waals surface area contributed by atoms with E-state index in [1.807, 2.05) is 13.8 Å². The predicted molar refractivity (Wildman–Crippen MR) is 88.2 cm³/mol. The molecule has 0 heterocycles. The van der Waals surface area contributed by atoms with Crippen molar-refractivity contribution in [3.8, 4) is 0 Å². The number of carbonyl (C=O) groups is 3. The summed E-state index contributed by atoms with van der Waals surface area (Å²) in [6.07, 6.45) is -3.47. The standard InChI is InChI=1S/C19H20F3NO3/c1-17(2)12-7-8-18(17,3)15(25)13(14(12)24)16(26)23-11-6-4-5-10(9-11)19(20,21)22/h4-6,9,12-13H,7-8H2,1-3H3,(H,23,26)/t12?,13?,18-/m1/s1. The Labute approximate surface area is 149 Å². The van der Waals surface area contributed by atoms with Gasteiger partial charge in [-0.15, -0.1) is 0 Å². The molecule has 2 aliphatic carbocycles. The summed E-state index contributed by atoms with van der Waals surface area (Å²) in [7, 11) is 0. The highest BCUT2D eigenvalue weighted by atomic mass is 19.4. The first-order valence-corrected chi connectivity index (χ1v) is 8.46. The molecule has 4 nitrogen and oxygen atoms in total. The minimum absolute atomic E-state index is 0.0900. The summed E-state index contributed by atoms with van der Waals surface area (Å²) in [5.41, 5.74) is -2.33. The van der Waals surface area contributed by atoms with E-state index in [1.54, 1.807) is 6.92 Å². The number of rotatable bonds is 2. The zero-order valence-electron chi connectivity index (χ0n) is 14.7. The third-order valence-corrected chi connectivity index (χ3v) is 6.38. The highest BCUT2D eigenvalue weighted by Crippen LogP contribution is 2.61. The number of hydrogen-bond donors (Lipinski definition) is 1. The summed E-state index contributed by atoms with van der Waals surface area (Å²) >= 11 is 0. The zero-order chi connectivity index (χ0) is 19.5. The summed E-state index contributed by atoms with van der Waals surface area (Å²) in [4.78, 5) is 38.3. The lowest BCUT2D eigenvalue weighted by molar-refractivity contribution is -0.156. The summed E-state index contributed by atoms with van der Waals surface area (Å²) < 4.78 is 38.4. The Kier molecular flexibility index (Phi) is 4.05. The lowest BCUT2D eigenvalue weighted by Crippen LogP contribution is -2.56. The minimum Gasteiger partial charge on any atom is -0.325 e. The van der Waals surface area contributed by atoms with Crippen molar-refractivity contribution >= 4 is 23.2 Å². The van der Waals surface area contributed by atoms with Gasteiger partial charge in [-0.25, -0.2) is 0 Å². The van der Waals surface area contributed by atoms with E-state index in [-0.39, 0.29) is 5.69 Å². The van der Waals surface area contributed by atoms with E-state index in [1.165, 1.54) is 6.07 Å². The van der Waals surface area contributed by atoms with Gasteiger partial charge in [0.25, 0.3) is 0 Å². The number of amides is 1. The van der Waals surface area contributed by atoms with Crippen molar-refractivity contribution in [2.75, 3.05) is 5.32 Å². The molecule has 2 bridgehead atoms. The average molecular weight is 367 g/mol. The van der Waals surface area contributed by atoms with Gasteiger partial charge in [-0.3, -0.25) is 14.4 Å². The van der Waals surface area contributed by atoms with Gasteiger partial charge in [0.05, 0.1) is 5.56 Å². The van der Waals surface area contributed by atoms with E-state index < -0.39 is 51.9 Å². The van der Waals surface area contributed by atoms with E-state index >= 15 is 0 Å². The fraction of sp³-hybridized carbons (Fsp3) is 0.526. The number of ketones is 2. The molecule has 2 unspecified atom stereocenters. The molecule has 26 heavy (non-hydrogen) atoms. The summed E-state index contributed by atoms with van der Waals surface area (Å²) in [5.74, 6) is -3.59. The minimum atomic E-state index is -4.55. The Morgan fingerprint density at radius 2 is 1.85 bits per heavy atom. The number of carbonyl (C=O) groups excluding carboxylic acids is 3. The second kappa shape index (κ2) is 5.66. The lowest BCUT2D eigenvalue weighted by atomic mass is 9.55. The van der Waals surface area contributed by atoms with Crippen LogP contribution in [0.3, 0.4) is 0 Å². The van der Waals surface area contributed by atoms with Gasteiger partial charge in [-0.05, 0) is 36.5 Å². The Morgan fingerprint density at radius 1 is 1.19 bits per heavy atom. The number of fused-ring (bicyclic) bond motifs is 2. The first-order valence-electron chi connectivity index (χ1n) is 8.46. The predicted octanol–water partition coefficient (Wildman–Crippen LogP) is 3.85. The van der Waals surface area contributed by atoms with Gasteiger partial charge in [-0.2, -0.15) is 13.2 Å². The van der Waals surface area contributed by atoms with Crippen LogP contribution < -0.4 is 5.32 Å². The maximum atomic E-state index is 12.9. The van der Waals surface area contributed by atoms with E-state index in [0.717, 1.165) is 18.2 Å². The van der Waals surface area contributed by atoms with Crippen LogP contribution in [0.15, 0.2) is 24.3 Å². The fourth-order valence-corrected chi connectivity index (χ4v) is 4.32. The molecule has 0 aromatic heterocycles. The number of nitrogens with one attached hydrogen (secondary N) is 1. The molecule has 0 aliphatic heterocycles. The smallest absolute Gasteiger partial charge is 0.325 e. The van der Waals surface area contributed by atoms with Crippen LogP contribution in [0, 0.1) is 22.7 Å². The van der Waals surface area contributed by atoms with Crippen molar-refractivity contribution in [3.05, 3.63) is 29.8 Å². The van der Waals surface area contributed by atoms with Crippen LogP contribution in [-0.2, 0) is 20.6 Å². The number of benzene rings is 1. The molecule has 1 amide bonds. The monoisotopic (exact) mass is 367 g/mol.